The van der Waals surface area contributed by atoms with Crippen LogP contribution in [0, 0.1) is 20.8 Å². The van der Waals surface area contributed by atoms with Crippen molar-refractivity contribution in [1.29, 1.82) is 0 Å². The van der Waals surface area contributed by atoms with Gasteiger partial charge in [-0.2, -0.15) is 10.1 Å². The number of nitrogens with one attached hydrogen (secondary N) is 1. The Morgan fingerprint density at radius 3 is 2.57 bits per heavy atom. The molecule has 2 heterocycles. The first kappa shape index (κ1) is 20.1. The van der Waals surface area contributed by atoms with E-state index in [2.05, 4.69) is 42.5 Å². The number of carbonyl (C=O) groups excluding carboxylic acids is 1. The molecule has 0 aliphatic heterocycles. The molecule has 0 bridgehead atoms. The highest BCUT2D eigenvalue weighted by Crippen LogP contribution is 2.32. The molecule has 2 aromatic carbocycles. The van der Waals surface area contributed by atoms with Gasteiger partial charge in [-0.3, -0.25) is 4.79 Å². The summed E-state index contributed by atoms with van der Waals surface area (Å²) >= 11 is 1.56. The molecule has 0 saturated heterocycles. The molecule has 2 aromatic heterocycles. The number of amides is 1. The van der Waals surface area contributed by atoms with E-state index in [4.69, 9.17) is 4.98 Å². The number of hydrogen-bond donors (Lipinski definition) is 1. The molecule has 30 heavy (non-hydrogen) atoms. The summed E-state index contributed by atoms with van der Waals surface area (Å²) in [6.45, 7) is 6.88. The minimum atomic E-state index is -0.0307. The minimum absolute atomic E-state index is 0.0307. The topological polar surface area (TPSA) is 63.1 Å². The van der Waals surface area contributed by atoms with Crippen molar-refractivity contribution in [3.8, 4) is 5.69 Å². The zero-order valence-corrected chi connectivity index (χ0v) is 18.5. The summed E-state index contributed by atoms with van der Waals surface area (Å²) in [5.74, 6) is -0.0307. The monoisotopic (exact) mass is 419 g/mol. The highest BCUT2D eigenvalue weighted by atomic mass is 32.1. The lowest BCUT2D eigenvalue weighted by Crippen LogP contribution is -2.34. The van der Waals surface area contributed by atoms with Crippen molar-refractivity contribution in [2.75, 3.05) is 18.5 Å². The summed E-state index contributed by atoms with van der Waals surface area (Å²) in [6, 6.07) is 16.3. The molecule has 0 saturated carbocycles. The molecule has 0 spiro atoms. The normalized spacial score (nSPS) is 11.1. The predicted octanol–water partition coefficient (Wildman–Crippen LogP) is 4.16. The SMILES string of the molecule is Cc1ccc(-n2nc(C)c3sc(N(C)CC(=O)NCc4ccccc4C)nc32)cc1. The molecule has 0 aliphatic carbocycles. The molecule has 154 valence electrons. The third kappa shape index (κ3) is 4.07. The Bertz CT molecular complexity index is 1190. The molecule has 1 N–H and O–H groups in total. The second kappa shape index (κ2) is 8.28. The molecule has 6 nitrogen and oxygen atoms in total. The Kier molecular flexibility index (Phi) is 5.55. The fourth-order valence-electron chi connectivity index (χ4n) is 3.29. The summed E-state index contributed by atoms with van der Waals surface area (Å²) in [5.41, 5.74) is 6.24. The molecular formula is C23H25N5OS. The molecule has 4 rings (SSSR count). The second-order valence-electron chi connectivity index (χ2n) is 7.54. The van der Waals surface area contributed by atoms with Crippen molar-refractivity contribution in [1.82, 2.24) is 20.1 Å². The number of rotatable bonds is 6. The van der Waals surface area contributed by atoms with E-state index >= 15 is 0 Å². The quantitative estimate of drug-likeness (QED) is 0.510. The largest absolute Gasteiger partial charge is 0.350 e. The lowest BCUT2D eigenvalue weighted by Gasteiger charge is -2.15. The van der Waals surface area contributed by atoms with Gasteiger partial charge in [0, 0.05) is 13.6 Å². The van der Waals surface area contributed by atoms with Gasteiger partial charge in [-0.25, -0.2) is 4.68 Å². The molecule has 1 amide bonds. The van der Waals surface area contributed by atoms with Crippen LogP contribution in [0.2, 0.25) is 0 Å². The van der Waals surface area contributed by atoms with Gasteiger partial charge in [0.25, 0.3) is 0 Å². The zero-order valence-electron chi connectivity index (χ0n) is 17.6. The van der Waals surface area contributed by atoms with Crippen LogP contribution in [0.15, 0.2) is 48.5 Å². The Morgan fingerprint density at radius 1 is 1.10 bits per heavy atom. The Morgan fingerprint density at radius 2 is 1.83 bits per heavy atom. The lowest BCUT2D eigenvalue weighted by molar-refractivity contribution is -0.119. The van der Waals surface area contributed by atoms with E-state index in [1.807, 2.05) is 53.9 Å². The van der Waals surface area contributed by atoms with E-state index in [1.54, 1.807) is 11.3 Å². The number of aromatic nitrogens is 3. The van der Waals surface area contributed by atoms with Gasteiger partial charge in [-0.15, -0.1) is 0 Å². The van der Waals surface area contributed by atoms with Crippen molar-refractivity contribution in [3.05, 3.63) is 70.9 Å². The van der Waals surface area contributed by atoms with Gasteiger partial charge in [0.2, 0.25) is 5.91 Å². The second-order valence-corrected chi connectivity index (χ2v) is 8.52. The van der Waals surface area contributed by atoms with E-state index in [0.717, 1.165) is 32.4 Å². The van der Waals surface area contributed by atoms with Crippen LogP contribution in [-0.2, 0) is 11.3 Å². The Hall–Kier alpha value is -3.19. The number of carbonyl (C=O) groups is 1. The maximum Gasteiger partial charge on any atom is 0.239 e. The average molecular weight is 420 g/mol. The van der Waals surface area contributed by atoms with Gasteiger partial charge in [0.05, 0.1) is 22.6 Å². The number of likely N-dealkylation sites (N-methyl/N-ethyl adjacent to an activating group) is 1. The average Bonchev–Trinajstić information content (AvgIpc) is 3.29. The number of nitrogens with zero attached hydrogens (tertiary/aromatic N) is 4. The standard InChI is InChI=1S/C23H25N5OS/c1-15-9-11-19(12-10-15)28-22-21(17(3)26-28)30-23(25-22)27(4)14-20(29)24-13-18-8-6-5-7-16(18)2/h5-12H,13-14H2,1-4H3,(H,24,29). The predicted molar refractivity (Wildman–Crippen MR) is 123 cm³/mol. The highest BCUT2D eigenvalue weighted by Gasteiger charge is 2.18. The van der Waals surface area contributed by atoms with Gasteiger partial charge in [0.15, 0.2) is 10.8 Å². The number of thiazole rings is 1. The van der Waals surface area contributed by atoms with Crippen molar-refractivity contribution in [2.24, 2.45) is 0 Å². The molecule has 0 fully saturated rings. The first-order valence-corrected chi connectivity index (χ1v) is 10.7. The van der Waals surface area contributed by atoms with E-state index < -0.39 is 0 Å². The van der Waals surface area contributed by atoms with E-state index in [-0.39, 0.29) is 12.5 Å². The maximum absolute atomic E-state index is 12.5. The third-order valence-corrected chi connectivity index (χ3v) is 6.37. The van der Waals surface area contributed by atoms with E-state index in [9.17, 15) is 4.79 Å². The van der Waals surface area contributed by atoms with Gasteiger partial charge in [-0.1, -0.05) is 53.3 Å². The first-order chi connectivity index (χ1) is 14.4. The summed E-state index contributed by atoms with van der Waals surface area (Å²) in [6.07, 6.45) is 0. The highest BCUT2D eigenvalue weighted by molar-refractivity contribution is 7.22. The smallest absolute Gasteiger partial charge is 0.239 e. The van der Waals surface area contributed by atoms with E-state index in [1.165, 1.54) is 11.1 Å². The van der Waals surface area contributed by atoms with Crippen LogP contribution in [0.3, 0.4) is 0 Å². The Labute approximate surface area is 180 Å². The molecule has 0 atom stereocenters. The first-order valence-electron chi connectivity index (χ1n) is 9.88. The van der Waals surface area contributed by atoms with Crippen molar-refractivity contribution in [3.63, 3.8) is 0 Å². The van der Waals surface area contributed by atoms with Crippen LogP contribution in [0.1, 0.15) is 22.4 Å². The van der Waals surface area contributed by atoms with Crippen molar-refractivity contribution >= 4 is 32.7 Å². The minimum Gasteiger partial charge on any atom is -0.350 e. The molecule has 0 radical (unpaired) electrons. The summed E-state index contributed by atoms with van der Waals surface area (Å²) in [7, 11) is 1.89. The molecular weight excluding hydrogens is 394 g/mol. The van der Waals surface area contributed by atoms with Crippen LogP contribution in [0.4, 0.5) is 5.13 Å². The van der Waals surface area contributed by atoms with Crippen molar-refractivity contribution in [2.45, 2.75) is 27.3 Å². The number of hydrogen-bond acceptors (Lipinski definition) is 5. The van der Waals surface area contributed by atoms with Crippen molar-refractivity contribution < 1.29 is 4.79 Å². The molecule has 0 unspecified atom stereocenters. The molecule has 7 heteroatoms. The van der Waals surface area contributed by atoms with E-state index in [0.29, 0.717) is 6.54 Å². The molecule has 4 aromatic rings. The van der Waals surface area contributed by atoms with Crippen LogP contribution < -0.4 is 10.2 Å². The fourth-order valence-corrected chi connectivity index (χ4v) is 4.24. The van der Waals surface area contributed by atoms with Crippen LogP contribution >= 0.6 is 11.3 Å². The fraction of sp³-hybridized carbons (Fsp3) is 0.261. The summed E-state index contributed by atoms with van der Waals surface area (Å²) < 4.78 is 2.91. The summed E-state index contributed by atoms with van der Waals surface area (Å²) in [5, 5.41) is 8.45. The van der Waals surface area contributed by atoms with Crippen LogP contribution in [-0.4, -0.2) is 34.3 Å². The van der Waals surface area contributed by atoms with Crippen LogP contribution in [0.25, 0.3) is 16.0 Å². The number of benzene rings is 2. The molecule has 0 aliphatic rings. The lowest BCUT2D eigenvalue weighted by atomic mass is 10.1. The Balaban J connectivity index is 1.49. The van der Waals surface area contributed by atoms with Gasteiger partial charge < -0.3 is 10.2 Å². The third-order valence-electron chi connectivity index (χ3n) is 5.10. The number of fused-ring (bicyclic) bond motifs is 1. The van der Waals surface area contributed by atoms with Crippen LogP contribution in [0.5, 0.6) is 0 Å². The van der Waals surface area contributed by atoms with Gasteiger partial charge >= 0.3 is 0 Å². The number of aryl methyl sites for hydroxylation is 3. The number of anilines is 1. The maximum atomic E-state index is 12.5. The summed E-state index contributed by atoms with van der Waals surface area (Å²) in [4.78, 5) is 19.1. The zero-order chi connectivity index (χ0) is 21.3. The van der Waals surface area contributed by atoms with Gasteiger partial charge in [0.1, 0.15) is 0 Å². The van der Waals surface area contributed by atoms with Gasteiger partial charge in [-0.05, 0) is 44.0 Å².